The van der Waals surface area contributed by atoms with Crippen LogP contribution in [0.25, 0.3) is 0 Å². The fourth-order valence-electron chi connectivity index (χ4n) is 1.82. The molecule has 5 heteroatoms. The number of hydrogen-bond acceptors (Lipinski definition) is 4. The second-order valence-electron chi connectivity index (χ2n) is 4.13. The van der Waals surface area contributed by atoms with Gasteiger partial charge in [-0.2, -0.15) is 0 Å². The van der Waals surface area contributed by atoms with Gasteiger partial charge in [0, 0.05) is 17.3 Å². The molecule has 0 aliphatic heterocycles. The fraction of sp³-hybridized carbons (Fsp3) is 0.200. The van der Waals surface area contributed by atoms with Crippen LogP contribution in [-0.4, -0.2) is 14.2 Å². The highest BCUT2D eigenvalue weighted by Crippen LogP contribution is 2.36. The molecule has 2 aromatic carbocycles. The van der Waals surface area contributed by atoms with Crippen LogP contribution in [0.15, 0.2) is 40.9 Å². The lowest BCUT2D eigenvalue weighted by atomic mass is 10.2. The molecule has 0 aliphatic carbocycles. The SMILES string of the molecule is COc1cc(N)ccc1COc1c(Br)cccc1OC. The topological polar surface area (TPSA) is 53.7 Å². The summed E-state index contributed by atoms with van der Waals surface area (Å²) in [4.78, 5) is 0. The molecule has 0 amide bonds. The van der Waals surface area contributed by atoms with E-state index in [9.17, 15) is 0 Å². The minimum Gasteiger partial charge on any atom is -0.496 e. The molecular formula is C15H16BrNO3. The summed E-state index contributed by atoms with van der Waals surface area (Å²) in [6.07, 6.45) is 0. The first-order chi connectivity index (χ1) is 9.65. The van der Waals surface area contributed by atoms with E-state index in [1.54, 1.807) is 20.3 Å². The van der Waals surface area contributed by atoms with Gasteiger partial charge in [-0.25, -0.2) is 0 Å². The molecule has 0 atom stereocenters. The highest BCUT2D eigenvalue weighted by Gasteiger charge is 2.10. The minimum absolute atomic E-state index is 0.364. The van der Waals surface area contributed by atoms with Crippen molar-refractivity contribution in [1.82, 2.24) is 0 Å². The van der Waals surface area contributed by atoms with Gasteiger partial charge in [-0.1, -0.05) is 6.07 Å². The third-order valence-electron chi connectivity index (χ3n) is 2.83. The van der Waals surface area contributed by atoms with E-state index >= 15 is 0 Å². The molecule has 2 aromatic rings. The smallest absolute Gasteiger partial charge is 0.175 e. The van der Waals surface area contributed by atoms with Crippen molar-refractivity contribution < 1.29 is 14.2 Å². The second kappa shape index (κ2) is 6.52. The van der Waals surface area contributed by atoms with Crippen molar-refractivity contribution in [1.29, 1.82) is 0 Å². The summed E-state index contributed by atoms with van der Waals surface area (Å²) in [6, 6.07) is 11.1. The Bertz CT molecular complexity index is 602. The quantitative estimate of drug-likeness (QED) is 0.846. The molecule has 0 bridgehead atoms. The van der Waals surface area contributed by atoms with Crippen LogP contribution in [0.4, 0.5) is 5.69 Å². The predicted molar refractivity (Wildman–Crippen MR) is 82.4 cm³/mol. The summed E-state index contributed by atoms with van der Waals surface area (Å²) < 4.78 is 17.3. The lowest BCUT2D eigenvalue weighted by molar-refractivity contribution is 0.276. The van der Waals surface area contributed by atoms with Gasteiger partial charge < -0.3 is 19.9 Å². The highest BCUT2D eigenvalue weighted by atomic mass is 79.9. The molecule has 2 N–H and O–H groups in total. The molecule has 0 radical (unpaired) electrons. The highest BCUT2D eigenvalue weighted by molar-refractivity contribution is 9.10. The van der Waals surface area contributed by atoms with Gasteiger partial charge in [0.1, 0.15) is 12.4 Å². The Kier molecular flexibility index (Phi) is 4.74. The molecule has 0 fully saturated rings. The molecule has 2 rings (SSSR count). The second-order valence-corrected chi connectivity index (χ2v) is 4.99. The van der Waals surface area contributed by atoms with E-state index in [1.807, 2.05) is 30.3 Å². The van der Waals surface area contributed by atoms with Gasteiger partial charge >= 0.3 is 0 Å². The average molecular weight is 338 g/mol. The van der Waals surface area contributed by atoms with E-state index in [2.05, 4.69) is 15.9 Å². The van der Waals surface area contributed by atoms with E-state index in [0.29, 0.717) is 29.5 Å². The Labute approximate surface area is 126 Å². The predicted octanol–water partition coefficient (Wildman–Crippen LogP) is 3.63. The van der Waals surface area contributed by atoms with Crippen molar-refractivity contribution in [3.63, 3.8) is 0 Å². The molecule has 0 aromatic heterocycles. The Morgan fingerprint density at radius 1 is 1.05 bits per heavy atom. The van der Waals surface area contributed by atoms with E-state index in [1.165, 1.54) is 0 Å². The summed E-state index contributed by atoms with van der Waals surface area (Å²) in [6.45, 7) is 0.364. The van der Waals surface area contributed by atoms with Crippen LogP contribution in [0.3, 0.4) is 0 Å². The number of nitrogen functional groups attached to an aromatic ring is 1. The first kappa shape index (κ1) is 14.5. The van der Waals surface area contributed by atoms with Gasteiger partial charge in [0.05, 0.1) is 18.7 Å². The molecule has 0 saturated carbocycles. The number of nitrogens with two attached hydrogens (primary N) is 1. The fourth-order valence-corrected chi connectivity index (χ4v) is 2.28. The molecule has 0 saturated heterocycles. The Hall–Kier alpha value is -1.88. The van der Waals surface area contributed by atoms with Gasteiger partial charge in [-0.15, -0.1) is 0 Å². The number of hydrogen-bond donors (Lipinski definition) is 1. The standard InChI is InChI=1S/C15H16BrNO3/c1-18-13-5-3-4-12(16)15(13)20-9-10-6-7-11(17)8-14(10)19-2/h3-8H,9,17H2,1-2H3. The molecule has 106 valence electrons. The lowest BCUT2D eigenvalue weighted by Crippen LogP contribution is -2.01. The van der Waals surface area contributed by atoms with Crippen LogP contribution in [0.2, 0.25) is 0 Å². The first-order valence-corrected chi connectivity index (χ1v) is 6.82. The van der Waals surface area contributed by atoms with Gasteiger partial charge in [0.15, 0.2) is 11.5 Å². The zero-order chi connectivity index (χ0) is 14.5. The normalized spacial score (nSPS) is 10.2. The third-order valence-corrected chi connectivity index (χ3v) is 3.46. The van der Waals surface area contributed by atoms with E-state index < -0.39 is 0 Å². The Balaban J connectivity index is 2.21. The van der Waals surface area contributed by atoms with Gasteiger partial charge in [0.25, 0.3) is 0 Å². The Morgan fingerprint density at radius 3 is 2.50 bits per heavy atom. The number of anilines is 1. The zero-order valence-corrected chi connectivity index (χ0v) is 12.9. The summed E-state index contributed by atoms with van der Waals surface area (Å²) >= 11 is 3.45. The van der Waals surface area contributed by atoms with Crippen LogP contribution >= 0.6 is 15.9 Å². The lowest BCUT2D eigenvalue weighted by Gasteiger charge is -2.14. The van der Waals surface area contributed by atoms with Crippen LogP contribution in [0, 0.1) is 0 Å². The van der Waals surface area contributed by atoms with Crippen LogP contribution < -0.4 is 19.9 Å². The van der Waals surface area contributed by atoms with Gasteiger partial charge in [0.2, 0.25) is 0 Å². The molecule has 20 heavy (non-hydrogen) atoms. The minimum atomic E-state index is 0.364. The zero-order valence-electron chi connectivity index (χ0n) is 11.4. The van der Waals surface area contributed by atoms with Crippen molar-refractivity contribution >= 4 is 21.6 Å². The number of methoxy groups -OCH3 is 2. The van der Waals surface area contributed by atoms with Crippen LogP contribution in [-0.2, 0) is 6.61 Å². The van der Waals surface area contributed by atoms with Crippen LogP contribution in [0.1, 0.15) is 5.56 Å². The monoisotopic (exact) mass is 337 g/mol. The molecule has 0 spiro atoms. The molecular weight excluding hydrogens is 322 g/mol. The van der Waals surface area contributed by atoms with Crippen molar-refractivity contribution in [3.8, 4) is 17.2 Å². The van der Waals surface area contributed by atoms with Gasteiger partial charge in [-0.05, 0) is 40.2 Å². The van der Waals surface area contributed by atoms with Crippen LogP contribution in [0.5, 0.6) is 17.2 Å². The van der Waals surface area contributed by atoms with Crippen molar-refractivity contribution in [2.75, 3.05) is 20.0 Å². The Morgan fingerprint density at radius 2 is 1.80 bits per heavy atom. The van der Waals surface area contributed by atoms with E-state index in [4.69, 9.17) is 19.9 Å². The first-order valence-electron chi connectivity index (χ1n) is 6.03. The van der Waals surface area contributed by atoms with E-state index in [0.717, 1.165) is 10.0 Å². The van der Waals surface area contributed by atoms with Crippen molar-refractivity contribution in [2.24, 2.45) is 0 Å². The summed E-state index contributed by atoms with van der Waals surface area (Å²) in [5.41, 5.74) is 7.30. The maximum absolute atomic E-state index is 5.83. The summed E-state index contributed by atoms with van der Waals surface area (Å²) in [5.74, 6) is 2.04. The molecule has 0 unspecified atom stereocenters. The maximum atomic E-state index is 5.83. The van der Waals surface area contributed by atoms with Crippen molar-refractivity contribution in [2.45, 2.75) is 6.61 Å². The maximum Gasteiger partial charge on any atom is 0.175 e. The number of halogens is 1. The van der Waals surface area contributed by atoms with Crippen molar-refractivity contribution in [3.05, 3.63) is 46.4 Å². The van der Waals surface area contributed by atoms with E-state index in [-0.39, 0.29) is 0 Å². The number of para-hydroxylation sites is 1. The third kappa shape index (κ3) is 3.17. The summed E-state index contributed by atoms with van der Waals surface area (Å²) in [5, 5.41) is 0. The number of rotatable bonds is 5. The summed E-state index contributed by atoms with van der Waals surface area (Å²) in [7, 11) is 3.22. The number of benzene rings is 2. The molecule has 0 aliphatic rings. The largest absolute Gasteiger partial charge is 0.496 e. The van der Waals surface area contributed by atoms with Gasteiger partial charge in [-0.3, -0.25) is 0 Å². The molecule has 4 nitrogen and oxygen atoms in total. The molecule has 0 heterocycles. The average Bonchev–Trinajstić information content (AvgIpc) is 2.46. The number of ether oxygens (including phenoxy) is 3.